The van der Waals surface area contributed by atoms with Gasteiger partial charge in [-0.05, 0) is 31.9 Å². The van der Waals surface area contributed by atoms with Gasteiger partial charge in [-0.15, -0.1) is 0 Å². The minimum atomic E-state index is -0.154. The normalized spacial score (nSPS) is 21.0. The van der Waals surface area contributed by atoms with Gasteiger partial charge in [0.1, 0.15) is 11.9 Å². The Morgan fingerprint density at radius 1 is 1.46 bits per heavy atom. The van der Waals surface area contributed by atoms with Gasteiger partial charge in [0.25, 0.3) is 5.89 Å². The number of hydrogen-bond acceptors (Lipinski definition) is 6. The molecule has 3 rings (SSSR count). The summed E-state index contributed by atoms with van der Waals surface area (Å²) < 4.78 is 16.2. The number of nitrogens with one attached hydrogen (secondary N) is 1. The van der Waals surface area contributed by atoms with Crippen LogP contribution in [0.2, 0.25) is 0 Å². The highest BCUT2D eigenvalue weighted by atomic mass is 16.5. The second-order valence-corrected chi connectivity index (χ2v) is 5.59. The summed E-state index contributed by atoms with van der Waals surface area (Å²) >= 11 is 0. The molecule has 0 amide bonds. The summed E-state index contributed by atoms with van der Waals surface area (Å²) in [5, 5.41) is 6.83. The molecule has 1 saturated heterocycles. The number of benzene rings is 1. The van der Waals surface area contributed by atoms with Crippen LogP contribution in [-0.2, 0) is 4.74 Å². The largest absolute Gasteiger partial charge is 0.497 e. The zero-order valence-electron chi connectivity index (χ0n) is 13.7. The molecule has 0 aliphatic carbocycles. The van der Waals surface area contributed by atoms with Crippen molar-refractivity contribution >= 4 is 11.6 Å². The van der Waals surface area contributed by atoms with Crippen molar-refractivity contribution in [3.8, 4) is 5.75 Å². The Hall–Kier alpha value is -2.61. The highest BCUT2D eigenvalue weighted by molar-refractivity contribution is 5.92. The highest BCUT2D eigenvalue weighted by Crippen LogP contribution is 2.31. The lowest BCUT2D eigenvalue weighted by Gasteiger charge is -2.10. The molecule has 2 atom stereocenters. The summed E-state index contributed by atoms with van der Waals surface area (Å²) in [6, 6.07) is 7.49. The molecular weight excluding hydrogens is 310 g/mol. The van der Waals surface area contributed by atoms with Gasteiger partial charge < -0.3 is 25.0 Å². The van der Waals surface area contributed by atoms with Crippen LogP contribution in [0.3, 0.4) is 0 Å². The molecule has 8 heteroatoms. The number of aliphatic imine (C=N–C) groups is 1. The van der Waals surface area contributed by atoms with Crippen molar-refractivity contribution in [2.75, 3.05) is 19.0 Å². The third-order valence-electron chi connectivity index (χ3n) is 3.73. The fourth-order valence-corrected chi connectivity index (χ4v) is 2.55. The second-order valence-electron chi connectivity index (χ2n) is 5.59. The van der Waals surface area contributed by atoms with Crippen LogP contribution in [-0.4, -0.2) is 35.9 Å². The summed E-state index contributed by atoms with van der Waals surface area (Å²) in [7, 11) is 1.62. The van der Waals surface area contributed by atoms with Crippen LogP contribution >= 0.6 is 0 Å². The smallest absolute Gasteiger partial charge is 0.255 e. The minimum absolute atomic E-state index is 0.00661. The van der Waals surface area contributed by atoms with Crippen LogP contribution in [0.5, 0.6) is 5.75 Å². The van der Waals surface area contributed by atoms with Gasteiger partial charge in [0.05, 0.1) is 19.8 Å². The van der Waals surface area contributed by atoms with E-state index in [9.17, 15) is 0 Å². The summed E-state index contributed by atoms with van der Waals surface area (Å²) in [4.78, 5) is 8.55. The number of aryl methyl sites for hydroxylation is 1. The van der Waals surface area contributed by atoms with Crippen LogP contribution in [0.15, 0.2) is 33.8 Å². The number of hydrogen-bond donors (Lipinski definition) is 2. The molecule has 8 nitrogen and oxygen atoms in total. The first-order valence-corrected chi connectivity index (χ1v) is 7.80. The van der Waals surface area contributed by atoms with Crippen molar-refractivity contribution in [1.29, 1.82) is 0 Å². The fourth-order valence-electron chi connectivity index (χ4n) is 2.55. The molecule has 1 fully saturated rings. The van der Waals surface area contributed by atoms with E-state index in [-0.39, 0.29) is 12.2 Å². The molecule has 1 aromatic carbocycles. The number of guanidine groups is 1. The topological polar surface area (TPSA) is 108 Å². The molecule has 0 saturated carbocycles. The van der Waals surface area contributed by atoms with Crippen LogP contribution in [0.4, 0.5) is 5.69 Å². The highest BCUT2D eigenvalue weighted by Gasteiger charge is 2.30. The molecule has 2 heterocycles. The predicted octanol–water partition coefficient (Wildman–Crippen LogP) is 2.03. The number of nitrogens with two attached hydrogens (primary N) is 1. The van der Waals surface area contributed by atoms with E-state index in [1.54, 1.807) is 14.0 Å². The van der Waals surface area contributed by atoms with Crippen molar-refractivity contribution in [2.45, 2.75) is 32.0 Å². The minimum Gasteiger partial charge on any atom is -0.497 e. The summed E-state index contributed by atoms with van der Waals surface area (Å²) in [5.74, 6) is 2.23. The van der Waals surface area contributed by atoms with Crippen LogP contribution < -0.4 is 15.8 Å². The average molecular weight is 331 g/mol. The Balaban J connectivity index is 1.52. The van der Waals surface area contributed by atoms with Gasteiger partial charge in [-0.25, -0.2) is 0 Å². The number of rotatable bonds is 5. The Morgan fingerprint density at radius 2 is 2.33 bits per heavy atom. The Kier molecular flexibility index (Phi) is 4.95. The maximum atomic E-state index is 5.93. The maximum Gasteiger partial charge on any atom is 0.255 e. The van der Waals surface area contributed by atoms with E-state index in [2.05, 4.69) is 20.4 Å². The van der Waals surface area contributed by atoms with Gasteiger partial charge in [0.2, 0.25) is 0 Å². The molecule has 1 aliphatic rings. The summed E-state index contributed by atoms with van der Waals surface area (Å²) in [6.07, 6.45) is 1.56. The molecule has 3 N–H and O–H groups in total. The van der Waals surface area contributed by atoms with Gasteiger partial charge in [0, 0.05) is 11.8 Å². The number of ether oxygens (including phenoxy) is 2. The van der Waals surface area contributed by atoms with Crippen molar-refractivity contribution in [3.63, 3.8) is 0 Å². The van der Waals surface area contributed by atoms with E-state index >= 15 is 0 Å². The molecule has 0 bridgehead atoms. The predicted molar refractivity (Wildman–Crippen MR) is 89.0 cm³/mol. The van der Waals surface area contributed by atoms with E-state index in [0.717, 1.165) is 24.3 Å². The van der Waals surface area contributed by atoms with Crippen LogP contribution in [0.1, 0.15) is 30.7 Å². The fraction of sp³-hybridized carbons (Fsp3) is 0.438. The molecule has 2 aromatic rings. The molecule has 0 radical (unpaired) electrons. The average Bonchev–Trinajstić information content (AvgIpc) is 3.22. The third-order valence-corrected chi connectivity index (χ3v) is 3.73. The standard InChI is InChI=1S/C16H21N5O3/c1-10-19-15(24-21-10)14-7-6-13(23-14)9-18-16(17)20-11-4-3-5-12(8-11)22-2/h3-5,8,13-14H,6-7,9H2,1-2H3,(H3,17,18,20)/t13-,14+/m1/s1. The van der Waals surface area contributed by atoms with E-state index < -0.39 is 0 Å². The van der Waals surface area contributed by atoms with Crippen molar-refractivity contribution in [3.05, 3.63) is 36.0 Å². The molecule has 0 unspecified atom stereocenters. The zero-order valence-corrected chi connectivity index (χ0v) is 13.7. The molecule has 24 heavy (non-hydrogen) atoms. The number of nitrogens with zero attached hydrogens (tertiary/aromatic N) is 3. The summed E-state index contributed by atoms with van der Waals surface area (Å²) in [6.45, 7) is 2.26. The van der Waals surface area contributed by atoms with E-state index in [1.165, 1.54) is 0 Å². The lowest BCUT2D eigenvalue weighted by molar-refractivity contribution is 0.0309. The number of aromatic nitrogens is 2. The van der Waals surface area contributed by atoms with E-state index in [0.29, 0.717) is 24.2 Å². The van der Waals surface area contributed by atoms with Gasteiger partial charge >= 0.3 is 0 Å². The Labute approximate surface area is 140 Å². The van der Waals surface area contributed by atoms with Crippen molar-refractivity contribution in [2.24, 2.45) is 10.7 Å². The molecule has 128 valence electrons. The molecular formula is C16H21N5O3. The van der Waals surface area contributed by atoms with Gasteiger partial charge in [0.15, 0.2) is 11.8 Å². The lowest BCUT2D eigenvalue weighted by Crippen LogP contribution is -2.24. The first-order chi connectivity index (χ1) is 11.6. The first kappa shape index (κ1) is 16.3. The van der Waals surface area contributed by atoms with Crippen LogP contribution in [0.25, 0.3) is 0 Å². The maximum absolute atomic E-state index is 5.93. The van der Waals surface area contributed by atoms with E-state index in [1.807, 2.05) is 24.3 Å². The van der Waals surface area contributed by atoms with Gasteiger partial charge in [-0.2, -0.15) is 4.98 Å². The molecule has 0 spiro atoms. The Morgan fingerprint density at radius 3 is 3.08 bits per heavy atom. The summed E-state index contributed by atoms with van der Waals surface area (Å²) in [5.41, 5.74) is 6.75. The Bertz CT molecular complexity index is 715. The van der Waals surface area contributed by atoms with Crippen molar-refractivity contribution < 1.29 is 14.0 Å². The molecule has 1 aromatic heterocycles. The number of methoxy groups -OCH3 is 1. The molecule has 1 aliphatic heterocycles. The van der Waals surface area contributed by atoms with Crippen LogP contribution in [0, 0.1) is 6.92 Å². The number of anilines is 1. The lowest BCUT2D eigenvalue weighted by atomic mass is 10.2. The van der Waals surface area contributed by atoms with E-state index in [4.69, 9.17) is 19.7 Å². The quantitative estimate of drug-likeness (QED) is 0.637. The SMILES string of the molecule is COc1cccc(NC(N)=NC[C@H]2CC[C@@H](c3nc(C)no3)O2)c1. The monoisotopic (exact) mass is 331 g/mol. The third kappa shape index (κ3) is 4.02. The van der Waals surface area contributed by atoms with Gasteiger partial charge in [-0.1, -0.05) is 11.2 Å². The zero-order chi connectivity index (χ0) is 16.9. The second kappa shape index (κ2) is 7.31. The first-order valence-electron chi connectivity index (χ1n) is 7.80. The van der Waals surface area contributed by atoms with Gasteiger partial charge in [-0.3, -0.25) is 4.99 Å². The van der Waals surface area contributed by atoms with Crippen molar-refractivity contribution in [1.82, 2.24) is 10.1 Å².